The quantitative estimate of drug-likeness (QED) is 0.488. The molecule has 0 saturated carbocycles. The molecule has 0 unspecified atom stereocenters. The van der Waals surface area contributed by atoms with Crippen molar-refractivity contribution in [1.82, 2.24) is 0 Å². The van der Waals surface area contributed by atoms with Gasteiger partial charge in [0, 0.05) is 0 Å². The van der Waals surface area contributed by atoms with Crippen LogP contribution in [0.1, 0.15) is 6.42 Å². The standard InChI is InChI=1S/C4H8NO/c1-5-3-2-4-6/h6H,2,4H2,1H3/q+1. The molecule has 0 rings (SSSR count). The van der Waals surface area contributed by atoms with Crippen LogP contribution in [0.25, 0.3) is 4.85 Å². The Balaban J connectivity index is 2.79. The van der Waals surface area contributed by atoms with E-state index in [0.29, 0.717) is 6.42 Å². The molecule has 0 aliphatic carbocycles. The summed E-state index contributed by atoms with van der Waals surface area (Å²) in [6.07, 6.45) is 0.552. The third-order valence-corrected chi connectivity index (χ3v) is 0.382. The van der Waals surface area contributed by atoms with Crippen LogP contribution >= 0.6 is 0 Å². The van der Waals surface area contributed by atoms with Crippen LogP contribution in [0.15, 0.2) is 0 Å². The summed E-state index contributed by atoms with van der Waals surface area (Å²) in [5.41, 5.74) is 0. The fourth-order valence-electron chi connectivity index (χ4n) is 0.162. The minimum Gasteiger partial charge on any atom is -0.395 e. The topological polar surface area (TPSA) is 24.6 Å². The maximum absolute atomic E-state index is 8.07. The van der Waals surface area contributed by atoms with Crippen molar-refractivity contribution in [3.05, 3.63) is 4.85 Å². The van der Waals surface area contributed by atoms with Crippen LogP contribution in [0.2, 0.25) is 0 Å². The van der Waals surface area contributed by atoms with Crippen LogP contribution in [0.3, 0.4) is 0 Å². The van der Waals surface area contributed by atoms with Crippen molar-refractivity contribution in [3.8, 4) is 6.07 Å². The number of aliphatic hydroxyl groups excluding tert-OH is 1. The van der Waals surface area contributed by atoms with Crippen LogP contribution in [-0.2, 0) is 0 Å². The lowest BCUT2D eigenvalue weighted by molar-refractivity contribution is 0.305. The molecule has 6 heavy (non-hydrogen) atoms. The average Bonchev–Trinajstić information content (AvgIpc) is 1.61. The van der Waals surface area contributed by atoms with Crippen molar-refractivity contribution in [1.29, 1.82) is 0 Å². The summed E-state index contributed by atoms with van der Waals surface area (Å²) in [7, 11) is 1.63. The first-order valence-corrected chi connectivity index (χ1v) is 1.84. The molecule has 2 nitrogen and oxygen atoms in total. The predicted molar refractivity (Wildman–Crippen MR) is 24.9 cm³/mol. The van der Waals surface area contributed by atoms with E-state index in [9.17, 15) is 0 Å². The van der Waals surface area contributed by atoms with Gasteiger partial charge in [-0.3, -0.25) is 0 Å². The summed E-state index contributed by atoms with van der Waals surface area (Å²) in [5.74, 6) is 0. The first-order valence-electron chi connectivity index (χ1n) is 1.84. The zero-order valence-corrected chi connectivity index (χ0v) is 3.81. The van der Waals surface area contributed by atoms with Gasteiger partial charge in [0.15, 0.2) is 0 Å². The first-order chi connectivity index (χ1) is 2.91. The highest BCUT2D eigenvalue weighted by Crippen LogP contribution is 1.67. The number of hydrogen-bond donors (Lipinski definition) is 1. The maximum Gasteiger partial charge on any atom is 0.274 e. The van der Waals surface area contributed by atoms with Gasteiger partial charge in [0.05, 0.1) is 6.61 Å². The molecule has 34 valence electrons. The molecule has 2 heteroatoms. The van der Waals surface area contributed by atoms with Crippen LogP contribution in [0.4, 0.5) is 0 Å². The second-order valence-corrected chi connectivity index (χ2v) is 0.855. The van der Waals surface area contributed by atoms with Gasteiger partial charge < -0.3 is 5.11 Å². The summed E-state index contributed by atoms with van der Waals surface area (Å²) in [6, 6.07) is 2.57. The van der Waals surface area contributed by atoms with E-state index in [2.05, 4.69) is 10.9 Å². The molecule has 0 saturated heterocycles. The fourth-order valence-corrected chi connectivity index (χ4v) is 0.162. The Morgan fingerprint density at radius 1 is 1.83 bits per heavy atom. The van der Waals surface area contributed by atoms with Crippen LogP contribution in [0.5, 0.6) is 0 Å². The second kappa shape index (κ2) is 4.45. The molecule has 0 spiro atoms. The largest absolute Gasteiger partial charge is 0.395 e. The molecule has 0 amide bonds. The van der Waals surface area contributed by atoms with Gasteiger partial charge in [0.1, 0.15) is 6.42 Å². The van der Waals surface area contributed by atoms with E-state index in [0.717, 1.165) is 0 Å². The smallest absolute Gasteiger partial charge is 0.274 e. The Hall–Kier alpha value is -0.550. The van der Waals surface area contributed by atoms with Gasteiger partial charge in [-0.2, -0.15) is 0 Å². The number of hydrogen-bond acceptors (Lipinski definition) is 1. The molecule has 0 fully saturated rings. The van der Waals surface area contributed by atoms with E-state index in [1.54, 1.807) is 7.05 Å². The minimum absolute atomic E-state index is 0.150. The predicted octanol–water partition coefficient (Wildman–Crippen LogP) is 0.332. The third kappa shape index (κ3) is 3.45. The molecular formula is C4H8NO+. The maximum atomic E-state index is 8.07. The Bertz CT molecular complexity index is 69.4. The summed E-state index contributed by atoms with van der Waals surface area (Å²) >= 11 is 0. The zero-order chi connectivity index (χ0) is 4.83. The normalized spacial score (nSPS) is 6.33. The van der Waals surface area contributed by atoms with Gasteiger partial charge in [0.2, 0.25) is 0 Å². The molecular weight excluding hydrogens is 78.0 g/mol. The molecule has 0 heterocycles. The fraction of sp³-hybridized carbons (Fsp3) is 0.750. The summed E-state index contributed by atoms with van der Waals surface area (Å²) < 4.78 is 0. The van der Waals surface area contributed by atoms with Gasteiger partial charge in [-0.1, -0.05) is 4.85 Å². The van der Waals surface area contributed by atoms with E-state index in [4.69, 9.17) is 5.11 Å². The van der Waals surface area contributed by atoms with Gasteiger partial charge in [-0.25, -0.2) is 0 Å². The first kappa shape index (κ1) is 5.45. The third-order valence-electron chi connectivity index (χ3n) is 0.382. The van der Waals surface area contributed by atoms with Crippen molar-refractivity contribution in [2.24, 2.45) is 0 Å². The average molecular weight is 86.1 g/mol. The highest BCUT2D eigenvalue weighted by molar-refractivity contribution is 4.81. The highest BCUT2D eigenvalue weighted by Gasteiger charge is 1.76. The summed E-state index contributed by atoms with van der Waals surface area (Å²) in [6.45, 7) is 0.150. The monoisotopic (exact) mass is 86.1 g/mol. The number of aliphatic hydroxyl groups is 1. The molecule has 0 bridgehead atoms. The molecule has 0 aromatic carbocycles. The molecule has 0 aromatic rings. The number of rotatable bonds is 1. The molecule has 0 aliphatic rings. The van der Waals surface area contributed by atoms with Crippen molar-refractivity contribution in [3.63, 3.8) is 0 Å². The Morgan fingerprint density at radius 2 is 2.50 bits per heavy atom. The van der Waals surface area contributed by atoms with Gasteiger partial charge in [-0.15, -0.1) is 0 Å². The van der Waals surface area contributed by atoms with Crippen LogP contribution in [-0.4, -0.2) is 18.8 Å². The zero-order valence-electron chi connectivity index (χ0n) is 3.81. The van der Waals surface area contributed by atoms with Gasteiger partial charge >= 0.3 is 0 Å². The summed E-state index contributed by atoms with van der Waals surface area (Å²) in [5, 5.41) is 8.07. The molecule has 1 N–H and O–H groups in total. The van der Waals surface area contributed by atoms with Crippen LogP contribution in [0, 0.1) is 6.07 Å². The lowest BCUT2D eigenvalue weighted by atomic mass is 10.5. The van der Waals surface area contributed by atoms with Crippen LogP contribution < -0.4 is 0 Å². The van der Waals surface area contributed by atoms with Crippen molar-refractivity contribution < 1.29 is 5.11 Å². The lowest BCUT2D eigenvalue weighted by Crippen LogP contribution is -1.73. The molecule has 0 aliphatic heterocycles. The second-order valence-electron chi connectivity index (χ2n) is 0.855. The Kier molecular flexibility index (Phi) is 4.04. The van der Waals surface area contributed by atoms with Crippen molar-refractivity contribution >= 4 is 0 Å². The van der Waals surface area contributed by atoms with Gasteiger partial charge in [0.25, 0.3) is 13.1 Å². The SMILES string of the molecule is C[N+]#CCCO. The summed E-state index contributed by atoms with van der Waals surface area (Å²) in [4.78, 5) is 3.52. The van der Waals surface area contributed by atoms with E-state index in [1.807, 2.05) is 0 Å². The van der Waals surface area contributed by atoms with Gasteiger partial charge in [-0.05, 0) is 0 Å². The van der Waals surface area contributed by atoms with E-state index >= 15 is 0 Å². The minimum atomic E-state index is 0.150. The lowest BCUT2D eigenvalue weighted by Gasteiger charge is -1.64. The van der Waals surface area contributed by atoms with Crippen molar-refractivity contribution in [2.75, 3.05) is 13.7 Å². The molecule has 0 atom stereocenters. The molecule has 0 aromatic heterocycles. The Morgan fingerprint density at radius 3 is 2.67 bits per heavy atom. The number of nitrogens with zero attached hydrogens (tertiary/aromatic N) is 1. The van der Waals surface area contributed by atoms with E-state index in [-0.39, 0.29) is 6.61 Å². The Labute approximate surface area is 37.2 Å². The van der Waals surface area contributed by atoms with E-state index in [1.165, 1.54) is 0 Å². The highest BCUT2D eigenvalue weighted by atomic mass is 16.2. The van der Waals surface area contributed by atoms with E-state index < -0.39 is 0 Å². The molecule has 0 radical (unpaired) electrons. The van der Waals surface area contributed by atoms with Crippen molar-refractivity contribution in [2.45, 2.75) is 6.42 Å².